The minimum atomic E-state index is -0.118. The van der Waals surface area contributed by atoms with Gasteiger partial charge in [-0.05, 0) is 48.9 Å². The molecule has 92 valence electrons. The van der Waals surface area contributed by atoms with Gasteiger partial charge in [0.05, 0.1) is 6.10 Å². The molecule has 0 heterocycles. The summed E-state index contributed by atoms with van der Waals surface area (Å²) in [6.07, 6.45) is 4.71. The van der Waals surface area contributed by atoms with E-state index in [1.807, 2.05) is 6.07 Å². The van der Waals surface area contributed by atoms with E-state index in [1.165, 1.54) is 11.1 Å². The molecule has 0 amide bonds. The summed E-state index contributed by atoms with van der Waals surface area (Å²) in [6, 6.07) is 6.16. The molecular formula is C14H18FNO. The lowest BCUT2D eigenvalue weighted by molar-refractivity contribution is 0.0141. The van der Waals surface area contributed by atoms with E-state index in [0.29, 0.717) is 18.2 Å². The van der Waals surface area contributed by atoms with Gasteiger partial charge < -0.3 is 10.1 Å². The first-order valence-electron chi connectivity index (χ1n) is 6.33. The number of nitrogens with one attached hydrogen (secondary N) is 1. The van der Waals surface area contributed by atoms with Gasteiger partial charge in [0, 0.05) is 19.2 Å². The highest BCUT2D eigenvalue weighted by atomic mass is 19.1. The summed E-state index contributed by atoms with van der Waals surface area (Å²) in [5.74, 6) is -0.118. The minimum absolute atomic E-state index is 0.118. The number of hydrogen-bond donors (Lipinski definition) is 1. The molecule has 17 heavy (non-hydrogen) atoms. The number of methoxy groups -OCH3 is 1. The fourth-order valence-corrected chi connectivity index (χ4v) is 2.94. The van der Waals surface area contributed by atoms with Crippen molar-refractivity contribution in [3.05, 3.63) is 35.1 Å². The largest absolute Gasteiger partial charge is 0.381 e. The highest BCUT2D eigenvalue weighted by Crippen LogP contribution is 2.34. The maximum Gasteiger partial charge on any atom is 0.123 e. The van der Waals surface area contributed by atoms with Crippen molar-refractivity contribution in [2.24, 2.45) is 0 Å². The van der Waals surface area contributed by atoms with Crippen molar-refractivity contribution in [2.75, 3.05) is 7.11 Å². The molecule has 2 aliphatic rings. The zero-order valence-electron chi connectivity index (χ0n) is 10.1. The summed E-state index contributed by atoms with van der Waals surface area (Å²) >= 11 is 0. The van der Waals surface area contributed by atoms with Crippen molar-refractivity contribution >= 4 is 0 Å². The van der Waals surface area contributed by atoms with Gasteiger partial charge >= 0.3 is 0 Å². The highest BCUT2D eigenvalue weighted by Gasteiger charge is 2.32. The lowest BCUT2D eigenvalue weighted by Crippen LogP contribution is -2.46. The van der Waals surface area contributed by atoms with Gasteiger partial charge in [0.15, 0.2) is 0 Å². The third-order valence-electron chi connectivity index (χ3n) is 4.05. The Balaban J connectivity index is 1.64. The van der Waals surface area contributed by atoms with Crippen LogP contribution in [0.2, 0.25) is 0 Å². The summed E-state index contributed by atoms with van der Waals surface area (Å²) in [7, 11) is 1.77. The van der Waals surface area contributed by atoms with Crippen LogP contribution >= 0.6 is 0 Å². The molecule has 0 radical (unpaired) electrons. The van der Waals surface area contributed by atoms with Crippen molar-refractivity contribution in [2.45, 2.75) is 43.9 Å². The number of fused-ring (bicyclic) bond motifs is 1. The van der Waals surface area contributed by atoms with E-state index in [9.17, 15) is 4.39 Å². The van der Waals surface area contributed by atoms with Crippen LogP contribution in [-0.2, 0) is 11.2 Å². The Bertz CT molecular complexity index is 415. The summed E-state index contributed by atoms with van der Waals surface area (Å²) in [5, 5.41) is 3.65. The number of halogens is 1. The average Bonchev–Trinajstić information content (AvgIpc) is 2.65. The summed E-state index contributed by atoms with van der Waals surface area (Å²) < 4.78 is 18.4. The molecule has 0 aliphatic heterocycles. The Morgan fingerprint density at radius 3 is 2.94 bits per heavy atom. The Kier molecular flexibility index (Phi) is 2.89. The van der Waals surface area contributed by atoms with Crippen molar-refractivity contribution in [1.29, 1.82) is 0 Å². The molecule has 1 saturated carbocycles. The molecule has 1 fully saturated rings. The van der Waals surface area contributed by atoms with E-state index in [4.69, 9.17) is 4.74 Å². The number of rotatable bonds is 3. The van der Waals surface area contributed by atoms with Crippen LogP contribution in [0.4, 0.5) is 4.39 Å². The zero-order valence-corrected chi connectivity index (χ0v) is 10.1. The van der Waals surface area contributed by atoms with Gasteiger partial charge in [-0.2, -0.15) is 0 Å². The predicted molar refractivity (Wildman–Crippen MR) is 64.4 cm³/mol. The van der Waals surface area contributed by atoms with Gasteiger partial charge in [-0.3, -0.25) is 0 Å². The molecular weight excluding hydrogens is 217 g/mol. The second-order valence-corrected chi connectivity index (χ2v) is 5.13. The van der Waals surface area contributed by atoms with E-state index >= 15 is 0 Å². The Morgan fingerprint density at radius 2 is 2.18 bits per heavy atom. The van der Waals surface area contributed by atoms with Crippen LogP contribution < -0.4 is 5.32 Å². The zero-order chi connectivity index (χ0) is 11.8. The maximum absolute atomic E-state index is 13.1. The fraction of sp³-hybridized carbons (Fsp3) is 0.571. The van der Waals surface area contributed by atoms with Gasteiger partial charge in [0.2, 0.25) is 0 Å². The molecule has 1 unspecified atom stereocenters. The van der Waals surface area contributed by atoms with Crippen LogP contribution in [0.1, 0.15) is 36.4 Å². The first kappa shape index (κ1) is 11.2. The van der Waals surface area contributed by atoms with E-state index in [2.05, 4.69) is 5.32 Å². The van der Waals surface area contributed by atoms with E-state index in [0.717, 1.165) is 25.7 Å². The number of hydrogen-bond acceptors (Lipinski definition) is 2. The maximum atomic E-state index is 13.1. The molecule has 0 bridgehead atoms. The van der Waals surface area contributed by atoms with Crippen molar-refractivity contribution < 1.29 is 9.13 Å². The first-order chi connectivity index (χ1) is 8.26. The Morgan fingerprint density at radius 1 is 1.35 bits per heavy atom. The average molecular weight is 235 g/mol. The summed E-state index contributed by atoms with van der Waals surface area (Å²) in [6.45, 7) is 0. The van der Waals surface area contributed by atoms with Crippen molar-refractivity contribution in [3.63, 3.8) is 0 Å². The molecule has 3 rings (SSSR count). The quantitative estimate of drug-likeness (QED) is 0.869. The Hall–Kier alpha value is -0.930. The van der Waals surface area contributed by atoms with Gasteiger partial charge in [-0.1, -0.05) is 6.07 Å². The molecule has 1 N–H and O–H groups in total. The number of ether oxygens (including phenoxy) is 1. The van der Waals surface area contributed by atoms with Crippen LogP contribution in [0, 0.1) is 5.82 Å². The van der Waals surface area contributed by atoms with Gasteiger partial charge in [0.1, 0.15) is 5.82 Å². The van der Waals surface area contributed by atoms with Crippen LogP contribution in [-0.4, -0.2) is 19.3 Å². The van der Waals surface area contributed by atoms with Crippen LogP contribution in [0.15, 0.2) is 18.2 Å². The third-order valence-corrected chi connectivity index (χ3v) is 4.05. The standard InChI is InChI=1S/C14H18FNO/c1-17-12-7-11(8-12)16-14-5-2-9-6-10(15)3-4-13(9)14/h3-4,6,11-12,14,16H,2,5,7-8H2,1H3. The van der Waals surface area contributed by atoms with Crippen molar-refractivity contribution in [3.8, 4) is 0 Å². The van der Waals surface area contributed by atoms with Crippen LogP contribution in [0.25, 0.3) is 0 Å². The molecule has 2 aliphatic carbocycles. The minimum Gasteiger partial charge on any atom is -0.381 e. The second kappa shape index (κ2) is 4.39. The SMILES string of the molecule is COC1CC(NC2CCc3cc(F)ccc32)C1. The lowest BCUT2D eigenvalue weighted by atomic mass is 9.88. The molecule has 3 heteroatoms. The predicted octanol–water partition coefficient (Wildman–Crippen LogP) is 2.58. The van der Waals surface area contributed by atoms with E-state index < -0.39 is 0 Å². The van der Waals surface area contributed by atoms with E-state index in [-0.39, 0.29) is 5.82 Å². The molecule has 2 nitrogen and oxygen atoms in total. The molecule has 1 aromatic carbocycles. The van der Waals surface area contributed by atoms with Crippen LogP contribution in [0.5, 0.6) is 0 Å². The summed E-state index contributed by atoms with van der Waals surface area (Å²) in [5.41, 5.74) is 2.46. The smallest absolute Gasteiger partial charge is 0.123 e. The fourth-order valence-electron chi connectivity index (χ4n) is 2.94. The van der Waals surface area contributed by atoms with Crippen LogP contribution in [0.3, 0.4) is 0 Å². The molecule has 1 aromatic rings. The highest BCUT2D eigenvalue weighted by molar-refractivity contribution is 5.35. The third kappa shape index (κ3) is 2.09. The number of benzene rings is 1. The lowest BCUT2D eigenvalue weighted by Gasteiger charge is -2.36. The monoisotopic (exact) mass is 235 g/mol. The normalized spacial score (nSPS) is 31.1. The topological polar surface area (TPSA) is 21.3 Å². The van der Waals surface area contributed by atoms with E-state index in [1.54, 1.807) is 19.2 Å². The summed E-state index contributed by atoms with van der Waals surface area (Å²) in [4.78, 5) is 0. The first-order valence-corrected chi connectivity index (χ1v) is 6.33. The molecule has 0 aromatic heterocycles. The number of aryl methyl sites for hydroxylation is 1. The second-order valence-electron chi connectivity index (χ2n) is 5.13. The van der Waals surface area contributed by atoms with Gasteiger partial charge in [-0.25, -0.2) is 4.39 Å². The van der Waals surface area contributed by atoms with Crippen molar-refractivity contribution in [1.82, 2.24) is 5.32 Å². The molecule has 0 spiro atoms. The van der Waals surface area contributed by atoms with Gasteiger partial charge in [0.25, 0.3) is 0 Å². The molecule has 1 atom stereocenters. The molecule has 0 saturated heterocycles. The Labute approximate surface area is 101 Å². The van der Waals surface area contributed by atoms with Gasteiger partial charge in [-0.15, -0.1) is 0 Å².